The predicted octanol–water partition coefficient (Wildman–Crippen LogP) is 0.801. The first-order valence-corrected chi connectivity index (χ1v) is 5.94. The summed E-state index contributed by atoms with van der Waals surface area (Å²) in [6, 6.07) is 0. The van der Waals surface area contributed by atoms with E-state index in [2.05, 4.69) is 31.0 Å². The Morgan fingerprint density at radius 1 is 1.47 bits per heavy atom. The van der Waals surface area contributed by atoms with E-state index in [1.807, 2.05) is 13.1 Å². The van der Waals surface area contributed by atoms with E-state index < -0.39 is 0 Å². The number of anilines is 4. The minimum Gasteiger partial charge on any atom is -0.359 e. The minimum absolute atomic E-state index is 0.116. The number of aromatic nitrogens is 4. The standard InChI is InChI=1S/C11H13N7O/c1-2-18-5-7(3-15-18)16-11-9-10(13-6-14-11)12-4-8(19)17-9/h3,5-6H,2,4H2,1H3,(H,17,19)(H2,12,13,14,16). The van der Waals surface area contributed by atoms with Crippen molar-refractivity contribution in [2.45, 2.75) is 13.5 Å². The van der Waals surface area contributed by atoms with Crippen molar-refractivity contribution in [2.24, 2.45) is 0 Å². The number of fused-ring (bicyclic) bond motifs is 1. The summed E-state index contributed by atoms with van der Waals surface area (Å²) in [5.41, 5.74) is 1.37. The topological polar surface area (TPSA) is 96.8 Å². The molecule has 0 radical (unpaired) electrons. The van der Waals surface area contributed by atoms with Crippen molar-refractivity contribution in [1.82, 2.24) is 19.7 Å². The fourth-order valence-corrected chi connectivity index (χ4v) is 1.82. The molecule has 0 saturated carbocycles. The van der Waals surface area contributed by atoms with Crippen LogP contribution in [0.2, 0.25) is 0 Å². The molecule has 0 aromatic carbocycles. The Balaban J connectivity index is 1.90. The van der Waals surface area contributed by atoms with Crippen LogP contribution in [0.4, 0.5) is 23.0 Å². The number of amides is 1. The van der Waals surface area contributed by atoms with E-state index >= 15 is 0 Å². The summed E-state index contributed by atoms with van der Waals surface area (Å²) in [6.45, 7) is 3.02. The molecule has 8 nitrogen and oxygen atoms in total. The lowest BCUT2D eigenvalue weighted by atomic mass is 10.3. The molecule has 1 amide bonds. The quantitative estimate of drug-likeness (QED) is 0.754. The molecule has 19 heavy (non-hydrogen) atoms. The Labute approximate surface area is 109 Å². The van der Waals surface area contributed by atoms with Crippen LogP contribution >= 0.6 is 0 Å². The minimum atomic E-state index is -0.116. The number of hydrogen-bond donors (Lipinski definition) is 3. The van der Waals surface area contributed by atoms with Crippen LogP contribution in [0.5, 0.6) is 0 Å². The van der Waals surface area contributed by atoms with E-state index in [0.29, 0.717) is 17.3 Å². The third-order valence-electron chi connectivity index (χ3n) is 2.75. The van der Waals surface area contributed by atoms with Gasteiger partial charge in [0.2, 0.25) is 5.91 Å². The maximum atomic E-state index is 11.4. The zero-order valence-electron chi connectivity index (χ0n) is 10.3. The summed E-state index contributed by atoms with van der Waals surface area (Å²) >= 11 is 0. The Morgan fingerprint density at radius 2 is 2.37 bits per heavy atom. The van der Waals surface area contributed by atoms with E-state index in [-0.39, 0.29) is 12.5 Å². The molecule has 98 valence electrons. The van der Waals surface area contributed by atoms with Crippen LogP contribution in [0.15, 0.2) is 18.7 Å². The number of carbonyl (C=O) groups excluding carboxylic acids is 1. The monoisotopic (exact) mass is 259 g/mol. The maximum Gasteiger partial charge on any atom is 0.243 e. The molecular weight excluding hydrogens is 246 g/mol. The summed E-state index contributed by atoms with van der Waals surface area (Å²) in [6.07, 6.45) is 5.01. The molecule has 2 aromatic heterocycles. The largest absolute Gasteiger partial charge is 0.359 e. The molecular formula is C11H13N7O. The highest BCUT2D eigenvalue weighted by Gasteiger charge is 2.19. The first kappa shape index (κ1) is 11.5. The van der Waals surface area contributed by atoms with Crippen LogP contribution in [0, 0.1) is 0 Å². The first-order chi connectivity index (χ1) is 9.26. The highest BCUT2D eigenvalue weighted by Crippen LogP contribution is 2.30. The third kappa shape index (κ3) is 2.19. The van der Waals surface area contributed by atoms with Crippen molar-refractivity contribution < 1.29 is 4.79 Å². The molecule has 3 heterocycles. The fraction of sp³-hybridized carbons (Fsp3) is 0.273. The van der Waals surface area contributed by atoms with Gasteiger partial charge in [0.05, 0.1) is 18.4 Å². The van der Waals surface area contributed by atoms with Crippen LogP contribution in [0.1, 0.15) is 6.92 Å². The molecule has 0 fully saturated rings. The van der Waals surface area contributed by atoms with Crippen LogP contribution in [-0.4, -0.2) is 32.2 Å². The molecule has 2 aromatic rings. The molecule has 3 N–H and O–H groups in total. The second-order valence-electron chi connectivity index (χ2n) is 4.06. The molecule has 8 heteroatoms. The maximum absolute atomic E-state index is 11.4. The van der Waals surface area contributed by atoms with Crippen molar-refractivity contribution in [3.8, 4) is 0 Å². The third-order valence-corrected chi connectivity index (χ3v) is 2.75. The van der Waals surface area contributed by atoms with Gasteiger partial charge in [-0.15, -0.1) is 0 Å². The van der Waals surface area contributed by atoms with E-state index in [4.69, 9.17) is 0 Å². The Bertz CT molecular complexity index is 621. The van der Waals surface area contributed by atoms with Gasteiger partial charge < -0.3 is 16.0 Å². The first-order valence-electron chi connectivity index (χ1n) is 5.94. The molecule has 0 spiro atoms. The Kier molecular flexibility index (Phi) is 2.75. The van der Waals surface area contributed by atoms with Gasteiger partial charge in [0.25, 0.3) is 0 Å². The molecule has 0 aliphatic carbocycles. The number of nitrogens with zero attached hydrogens (tertiary/aromatic N) is 4. The lowest BCUT2D eigenvalue weighted by molar-refractivity contribution is -0.114. The molecule has 0 unspecified atom stereocenters. The van der Waals surface area contributed by atoms with E-state index in [0.717, 1.165) is 12.2 Å². The summed E-state index contributed by atoms with van der Waals surface area (Å²) in [7, 11) is 0. The summed E-state index contributed by atoms with van der Waals surface area (Å²) in [5.74, 6) is 1.04. The molecule has 0 atom stereocenters. The molecule has 1 aliphatic rings. The number of hydrogen-bond acceptors (Lipinski definition) is 6. The van der Waals surface area contributed by atoms with Gasteiger partial charge >= 0.3 is 0 Å². The van der Waals surface area contributed by atoms with Crippen LogP contribution in [0.25, 0.3) is 0 Å². The van der Waals surface area contributed by atoms with E-state index in [1.54, 1.807) is 10.9 Å². The van der Waals surface area contributed by atoms with Gasteiger partial charge in [0.1, 0.15) is 12.0 Å². The fourth-order valence-electron chi connectivity index (χ4n) is 1.82. The van der Waals surface area contributed by atoms with E-state index in [9.17, 15) is 4.79 Å². The van der Waals surface area contributed by atoms with E-state index in [1.165, 1.54) is 6.33 Å². The molecule has 3 rings (SSSR count). The van der Waals surface area contributed by atoms with Gasteiger partial charge in [-0.05, 0) is 6.92 Å². The molecule has 0 bridgehead atoms. The lowest BCUT2D eigenvalue weighted by Crippen LogP contribution is -2.28. The Hall–Kier alpha value is -2.64. The van der Waals surface area contributed by atoms with Gasteiger partial charge in [-0.2, -0.15) is 5.10 Å². The highest BCUT2D eigenvalue weighted by molar-refractivity contribution is 6.03. The zero-order valence-corrected chi connectivity index (χ0v) is 10.3. The van der Waals surface area contributed by atoms with Gasteiger partial charge in [0, 0.05) is 12.7 Å². The average Bonchev–Trinajstić information content (AvgIpc) is 2.87. The smallest absolute Gasteiger partial charge is 0.243 e. The van der Waals surface area contributed by atoms with Crippen molar-refractivity contribution >= 4 is 28.9 Å². The zero-order chi connectivity index (χ0) is 13.2. The van der Waals surface area contributed by atoms with Gasteiger partial charge in [-0.25, -0.2) is 9.97 Å². The van der Waals surface area contributed by atoms with Crippen molar-refractivity contribution in [3.63, 3.8) is 0 Å². The lowest BCUT2D eigenvalue weighted by Gasteiger charge is -2.19. The van der Waals surface area contributed by atoms with Gasteiger partial charge in [-0.3, -0.25) is 9.48 Å². The summed E-state index contributed by atoms with van der Waals surface area (Å²) in [4.78, 5) is 19.6. The number of rotatable bonds is 3. The van der Waals surface area contributed by atoms with Gasteiger partial charge in [0.15, 0.2) is 11.6 Å². The van der Waals surface area contributed by atoms with Crippen molar-refractivity contribution in [1.29, 1.82) is 0 Å². The van der Waals surface area contributed by atoms with Crippen LogP contribution in [0.3, 0.4) is 0 Å². The van der Waals surface area contributed by atoms with Crippen molar-refractivity contribution in [3.05, 3.63) is 18.7 Å². The summed E-state index contributed by atoms with van der Waals surface area (Å²) < 4.78 is 1.80. The van der Waals surface area contributed by atoms with Crippen molar-refractivity contribution in [2.75, 3.05) is 22.5 Å². The SMILES string of the molecule is CCn1cc(Nc2ncnc3c2NC(=O)CN3)cn1. The van der Waals surface area contributed by atoms with Crippen LogP contribution in [-0.2, 0) is 11.3 Å². The van der Waals surface area contributed by atoms with Gasteiger partial charge in [-0.1, -0.05) is 0 Å². The highest BCUT2D eigenvalue weighted by atomic mass is 16.2. The predicted molar refractivity (Wildman–Crippen MR) is 70.3 cm³/mol. The Morgan fingerprint density at radius 3 is 3.16 bits per heavy atom. The second kappa shape index (κ2) is 4.56. The number of carbonyl (C=O) groups is 1. The molecule has 0 saturated heterocycles. The number of aryl methyl sites for hydroxylation is 1. The molecule has 1 aliphatic heterocycles. The van der Waals surface area contributed by atoms with Crippen LogP contribution < -0.4 is 16.0 Å². The number of nitrogens with one attached hydrogen (secondary N) is 3. The summed E-state index contributed by atoms with van der Waals surface area (Å²) in [5, 5.41) is 13.0. The normalized spacial score (nSPS) is 13.4. The average molecular weight is 259 g/mol. The second-order valence-corrected chi connectivity index (χ2v) is 4.06.